The van der Waals surface area contributed by atoms with Crippen LogP contribution in [-0.4, -0.2) is 26.4 Å². The molecule has 31 heavy (non-hydrogen) atoms. The van der Waals surface area contributed by atoms with Crippen LogP contribution in [0.15, 0.2) is 16.6 Å². The summed E-state index contributed by atoms with van der Waals surface area (Å²) >= 11 is 4.69. The maximum atomic E-state index is 12.7. The Hall–Kier alpha value is -2.15. The van der Waals surface area contributed by atoms with Crippen LogP contribution < -0.4 is 5.32 Å². The number of aromatic nitrogens is 3. The monoisotopic (exact) mass is 471 g/mol. The molecule has 0 bridgehead atoms. The lowest BCUT2D eigenvalue weighted by atomic mass is 9.96. The minimum atomic E-state index is -0.114. The Morgan fingerprint density at radius 2 is 2.16 bits per heavy atom. The first-order valence-corrected chi connectivity index (χ1v) is 13.3. The van der Waals surface area contributed by atoms with Crippen molar-refractivity contribution in [1.82, 2.24) is 14.8 Å². The molecule has 9 heteroatoms. The molecule has 0 saturated heterocycles. The molecule has 1 aliphatic rings. The van der Waals surface area contributed by atoms with Gasteiger partial charge in [0, 0.05) is 27.2 Å². The molecule has 0 radical (unpaired) electrons. The average Bonchev–Trinajstić information content (AvgIpc) is 3.49. The minimum absolute atomic E-state index is 0.114. The van der Waals surface area contributed by atoms with Gasteiger partial charge in [0.05, 0.1) is 11.3 Å². The van der Waals surface area contributed by atoms with E-state index in [1.807, 2.05) is 0 Å². The van der Waals surface area contributed by atoms with Crippen molar-refractivity contribution in [3.63, 3.8) is 0 Å². The fraction of sp³-hybridized carbons (Fsp3) is 0.455. The van der Waals surface area contributed by atoms with E-state index in [0.717, 1.165) is 67.2 Å². The van der Waals surface area contributed by atoms with Gasteiger partial charge in [-0.2, -0.15) is 5.26 Å². The summed E-state index contributed by atoms with van der Waals surface area (Å²) in [5, 5.41) is 24.9. The van der Waals surface area contributed by atoms with Gasteiger partial charge in [-0.25, -0.2) is 0 Å². The van der Waals surface area contributed by atoms with Crippen LogP contribution in [0.3, 0.4) is 0 Å². The molecule has 4 rings (SSSR count). The number of nitriles is 1. The highest BCUT2D eigenvalue weighted by molar-refractivity contribution is 7.99. The van der Waals surface area contributed by atoms with Crippen LogP contribution in [0.25, 0.3) is 11.4 Å². The van der Waals surface area contributed by atoms with Crippen molar-refractivity contribution in [2.75, 3.05) is 11.1 Å². The van der Waals surface area contributed by atoms with Crippen LogP contribution in [-0.2, 0) is 30.6 Å². The summed E-state index contributed by atoms with van der Waals surface area (Å²) in [4.78, 5) is 15.2. The van der Waals surface area contributed by atoms with Gasteiger partial charge in [0.15, 0.2) is 11.0 Å². The van der Waals surface area contributed by atoms with Crippen LogP contribution >= 0.6 is 34.4 Å². The zero-order chi connectivity index (χ0) is 21.8. The Kier molecular flexibility index (Phi) is 7.10. The van der Waals surface area contributed by atoms with Crippen LogP contribution in [0.1, 0.15) is 54.0 Å². The van der Waals surface area contributed by atoms with Crippen molar-refractivity contribution in [2.24, 2.45) is 0 Å². The van der Waals surface area contributed by atoms with E-state index < -0.39 is 0 Å². The summed E-state index contributed by atoms with van der Waals surface area (Å²) in [6.07, 6.45) is 6.17. The Labute approximate surface area is 194 Å². The van der Waals surface area contributed by atoms with Crippen LogP contribution in [0.2, 0.25) is 0 Å². The van der Waals surface area contributed by atoms with Crippen molar-refractivity contribution < 1.29 is 4.79 Å². The Morgan fingerprint density at radius 1 is 1.32 bits per heavy atom. The van der Waals surface area contributed by atoms with Gasteiger partial charge in [-0.15, -0.1) is 32.9 Å². The summed E-state index contributed by atoms with van der Waals surface area (Å²) in [7, 11) is 0. The molecular weight excluding hydrogens is 446 g/mol. The summed E-state index contributed by atoms with van der Waals surface area (Å²) in [5.74, 6) is 0.981. The van der Waals surface area contributed by atoms with Crippen LogP contribution in [0.4, 0.5) is 5.00 Å². The zero-order valence-electron chi connectivity index (χ0n) is 17.7. The quantitative estimate of drug-likeness (QED) is 0.437. The number of thioether (sulfide) groups is 1. The molecule has 1 amide bonds. The van der Waals surface area contributed by atoms with E-state index in [4.69, 9.17) is 0 Å². The number of aryl methyl sites for hydroxylation is 2. The normalized spacial score (nSPS) is 13.1. The number of hydrogen-bond acceptors (Lipinski definition) is 7. The Balaban J connectivity index is 1.46. The van der Waals surface area contributed by atoms with E-state index in [1.54, 1.807) is 22.7 Å². The van der Waals surface area contributed by atoms with E-state index >= 15 is 0 Å². The third-order valence-electron chi connectivity index (χ3n) is 5.29. The van der Waals surface area contributed by atoms with E-state index in [-0.39, 0.29) is 11.7 Å². The number of nitrogens with one attached hydrogen (secondary N) is 1. The molecule has 0 fully saturated rings. The summed E-state index contributed by atoms with van der Waals surface area (Å²) < 4.78 is 2.10. The van der Waals surface area contributed by atoms with Gasteiger partial charge in [-0.3, -0.25) is 4.79 Å². The third kappa shape index (κ3) is 4.71. The molecule has 0 atom stereocenters. The second-order valence-electron chi connectivity index (χ2n) is 7.48. The highest BCUT2D eigenvalue weighted by Crippen LogP contribution is 2.37. The highest BCUT2D eigenvalue weighted by atomic mass is 32.2. The third-order valence-corrected chi connectivity index (χ3v) is 8.55. The molecule has 1 N–H and O–H groups in total. The minimum Gasteiger partial charge on any atom is -0.316 e. The fourth-order valence-corrected chi connectivity index (χ4v) is 6.62. The highest BCUT2D eigenvalue weighted by Gasteiger charge is 2.22. The predicted octanol–water partition coefficient (Wildman–Crippen LogP) is 5.52. The van der Waals surface area contributed by atoms with E-state index in [9.17, 15) is 10.1 Å². The largest absolute Gasteiger partial charge is 0.316 e. The van der Waals surface area contributed by atoms with Gasteiger partial charge in [-0.1, -0.05) is 25.6 Å². The first kappa shape index (κ1) is 22.1. The van der Waals surface area contributed by atoms with Crippen molar-refractivity contribution in [1.29, 1.82) is 5.26 Å². The molecule has 0 aliphatic heterocycles. The van der Waals surface area contributed by atoms with Gasteiger partial charge in [0.2, 0.25) is 5.91 Å². The molecule has 162 valence electrons. The molecule has 3 heterocycles. The molecule has 6 nitrogen and oxygen atoms in total. The maximum Gasteiger partial charge on any atom is 0.235 e. The van der Waals surface area contributed by atoms with Gasteiger partial charge in [0.25, 0.3) is 0 Å². The maximum absolute atomic E-state index is 12.7. The molecular formula is C22H25N5OS3. The number of nitrogens with zero attached hydrogens (tertiary/aromatic N) is 4. The van der Waals surface area contributed by atoms with Crippen molar-refractivity contribution in [2.45, 2.75) is 64.1 Å². The molecule has 0 spiro atoms. The molecule has 0 unspecified atom stereocenters. The standard InChI is InChI=1S/C22H25N5OS3/c1-3-9-27-20(14-10-15(4-2)29-12-14)25-26-22(27)30-13-19(28)24-21-17(11-23)16-7-5-6-8-18(16)31-21/h10,12H,3-9,13H2,1-2H3,(H,24,28). The second-order valence-corrected chi connectivity index (χ2v) is 10.5. The lowest BCUT2D eigenvalue weighted by Crippen LogP contribution is -2.14. The van der Waals surface area contributed by atoms with Gasteiger partial charge >= 0.3 is 0 Å². The number of amides is 1. The number of thiophene rings is 2. The predicted molar refractivity (Wildman–Crippen MR) is 128 cm³/mol. The first-order valence-electron chi connectivity index (χ1n) is 10.6. The van der Waals surface area contributed by atoms with Crippen molar-refractivity contribution in [3.8, 4) is 17.5 Å². The number of carbonyl (C=O) groups excluding carboxylic acids is 1. The topological polar surface area (TPSA) is 83.6 Å². The number of carbonyl (C=O) groups is 1. The SMILES string of the molecule is CCCn1c(SCC(=O)Nc2sc3c(c2C#N)CCCC3)nnc1-c1csc(CC)c1. The Morgan fingerprint density at radius 3 is 2.90 bits per heavy atom. The molecule has 0 saturated carbocycles. The number of rotatable bonds is 8. The van der Waals surface area contributed by atoms with E-state index in [0.29, 0.717) is 10.6 Å². The Bertz CT molecular complexity index is 1120. The molecule has 0 aromatic carbocycles. The zero-order valence-corrected chi connectivity index (χ0v) is 20.2. The van der Waals surface area contributed by atoms with Crippen molar-refractivity contribution >= 4 is 45.3 Å². The van der Waals surface area contributed by atoms with Gasteiger partial charge < -0.3 is 9.88 Å². The number of anilines is 1. The van der Waals surface area contributed by atoms with Crippen LogP contribution in [0.5, 0.6) is 0 Å². The van der Waals surface area contributed by atoms with Gasteiger partial charge in [0.1, 0.15) is 11.1 Å². The van der Waals surface area contributed by atoms with Gasteiger partial charge in [-0.05, 0) is 50.2 Å². The second kappa shape index (κ2) is 9.98. The molecule has 3 aromatic rings. The number of fused-ring (bicyclic) bond motifs is 1. The fourth-order valence-electron chi connectivity index (χ4n) is 3.78. The summed E-state index contributed by atoms with van der Waals surface area (Å²) in [6, 6.07) is 4.47. The first-order chi connectivity index (χ1) is 15.1. The van der Waals surface area contributed by atoms with Crippen molar-refractivity contribution in [3.05, 3.63) is 32.3 Å². The lowest BCUT2D eigenvalue weighted by Gasteiger charge is -2.09. The van der Waals surface area contributed by atoms with E-state index in [2.05, 4.69) is 51.4 Å². The average molecular weight is 472 g/mol. The molecule has 3 aromatic heterocycles. The lowest BCUT2D eigenvalue weighted by molar-refractivity contribution is -0.113. The number of hydrogen-bond donors (Lipinski definition) is 1. The van der Waals surface area contributed by atoms with E-state index in [1.165, 1.54) is 21.5 Å². The van der Waals surface area contributed by atoms with Crippen LogP contribution in [0, 0.1) is 11.3 Å². The summed E-state index contributed by atoms with van der Waals surface area (Å²) in [5.41, 5.74) is 2.87. The smallest absolute Gasteiger partial charge is 0.235 e. The molecule has 1 aliphatic carbocycles. The summed E-state index contributed by atoms with van der Waals surface area (Å²) in [6.45, 7) is 5.08.